The predicted molar refractivity (Wildman–Crippen MR) is 109 cm³/mol. The van der Waals surface area contributed by atoms with Crippen LogP contribution in [0, 0.1) is 23.2 Å². The van der Waals surface area contributed by atoms with Gasteiger partial charge in [0.1, 0.15) is 0 Å². The number of ether oxygens (including phenoxy) is 2. The van der Waals surface area contributed by atoms with E-state index in [1.807, 2.05) is 14.2 Å². The molecule has 0 radical (unpaired) electrons. The monoisotopic (exact) mass is 354 g/mol. The molecule has 0 aromatic heterocycles. The van der Waals surface area contributed by atoms with Crippen molar-refractivity contribution in [2.45, 2.75) is 111 Å². The molecule has 0 amide bonds. The number of hydrogen-bond donors (Lipinski definition) is 0. The summed E-state index contributed by atoms with van der Waals surface area (Å²) < 4.78 is 11.3. The highest BCUT2D eigenvalue weighted by molar-refractivity contribution is 4.94. The molecule has 0 aromatic rings. The van der Waals surface area contributed by atoms with Crippen molar-refractivity contribution >= 4 is 0 Å². The second kappa shape index (κ2) is 11.6. The van der Waals surface area contributed by atoms with Crippen molar-refractivity contribution in [3.05, 3.63) is 0 Å². The van der Waals surface area contributed by atoms with Gasteiger partial charge in [0.2, 0.25) is 0 Å². The predicted octanol–water partition coefficient (Wildman–Crippen LogP) is 6.87. The summed E-state index contributed by atoms with van der Waals surface area (Å²) in [7, 11) is 3.75. The van der Waals surface area contributed by atoms with E-state index in [-0.39, 0.29) is 0 Å². The zero-order valence-electron chi connectivity index (χ0n) is 18.3. The molecule has 1 aliphatic rings. The smallest absolute Gasteiger partial charge is 0.0571 e. The lowest BCUT2D eigenvalue weighted by Crippen LogP contribution is -2.41. The molecule has 0 saturated heterocycles. The maximum Gasteiger partial charge on any atom is 0.0571 e. The van der Waals surface area contributed by atoms with Crippen molar-refractivity contribution in [3.63, 3.8) is 0 Å². The Hall–Kier alpha value is -0.0800. The van der Waals surface area contributed by atoms with Crippen LogP contribution in [0.3, 0.4) is 0 Å². The molecule has 0 N–H and O–H groups in total. The average Bonchev–Trinajstić information content (AvgIpc) is 2.67. The van der Waals surface area contributed by atoms with Crippen LogP contribution in [-0.2, 0) is 9.47 Å². The van der Waals surface area contributed by atoms with E-state index in [0.29, 0.717) is 23.5 Å². The van der Waals surface area contributed by atoms with Gasteiger partial charge < -0.3 is 9.47 Å². The van der Waals surface area contributed by atoms with Gasteiger partial charge in [0, 0.05) is 14.2 Å². The third-order valence-corrected chi connectivity index (χ3v) is 7.61. The number of rotatable bonds is 12. The molecule has 2 nitrogen and oxygen atoms in total. The first-order valence-corrected chi connectivity index (χ1v) is 11.0. The molecule has 0 heterocycles. The van der Waals surface area contributed by atoms with Crippen molar-refractivity contribution in [2.24, 2.45) is 23.2 Å². The first-order valence-electron chi connectivity index (χ1n) is 11.0. The largest absolute Gasteiger partial charge is 0.381 e. The van der Waals surface area contributed by atoms with Crippen LogP contribution in [0.5, 0.6) is 0 Å². The zero-order valence-corrected chi connectivity index (χ0v) is 18.3. The van der Waals surface area contributed by atoms with E-state index < -0.39 is 0 Å². The van der Waals surface area contributed by atoms with Gasteiger partial charge in [-0.2, -0.15) is 0 Å². The van der Waals surface area contributed by atoms with Crippen LogP contribution in [0.25, 0.3) is 0 Å². The lowest BCUT2D eigenvalue weighted by molar-refractivity contribution is -0.0309. The van der Waals surface area contributed by atoms with E-state index in [0.717, 1.165) is 11.8 Å². The van der Waals surface area contributed by atoms with Crippen LogP contribution in [0.15, 0.2) is 0 Å². The van der Waals surface area contributed by atoms with Gasteiger partial charge in [-0.15, -0.1) is 0 Å². The van der Waals surface area contributed by atoms with Gasteiger partial charge in [-0.05, 0) is 75.0 Å². The molecular formula is C23H46O2. The fraction of sp³-hybridized carbons (Fsp3) is 1.00. The van der Waals surface area contributed by atoms with Gasteiger partial charge in [-0.25, -0.2) is 0 Å². The summed E-state index contributed by atoms with van der Waals surface area (Å²) in [6, 6.07) is 0. The summed E-state index contributed by atoms with van der Waals surface area (Å²) in [5.74, 6) is 2.34. The van der Waals surface area contributed by atoms with E-state index in [1.165, 1.54) is 64.2 Å². The van der Waals surface area contributed by atoms with E-state index in [9.17, 15) is 0 Å². The standard InChI is InChI=1S/C23H46O2/c1-8-11-16-23(10-3,21-12-14-22(25-7)15-13-21)20(9-2)17-18(4)19(5)24-6/h18-22H,8-17H2,1-7H3/t18?,19?,20-,21?,22?,23?/m0/s1. The summed E-state index contributed by atoms with van der Waals surface area (Å²) >= 11 is 0. The summed E-state index contributed by atoms with van der Waals surface area (Å²) in [4.78, 5) is 0. The number of methoxy groups -OCH3 is 2. The second-order valence-electron chi connectivity index (χ2n) is 8.66. The summed E-state index contributed by atoms with van der Waals surface area (Å²) in [6.45, 7) is 11.9. The Bertz CT molecular complexity index is 335. The minimum Gasteiger partial charge on any atom is -0.381 e. The molecule has 1 fully saturated rings. The zero-order chi connectivity index (χ0) is 18.9. The third-order valence-electron chi connectivity index (χ3n) is 7.61. The van der Waals surface area contributed by atoms with Gasteiger partial charge in [0.15, 0.2) is 0 Å². The summed E-state index contributed by atoms with van der Waals surface area (Å²) in [5.41, 5.74) is 0.519. The molecule has 1 rings (SSSR count). The lowest BCUT2D eigenvalue weighted by atomic mass is 9.56. The SMILES string of the molecule is CCCCC(CC)(C1CCC(OC)CC1)[C@@H](CC)CC(C)C(C)OC. The summed E-state index contributed by atoms with van der Waals surface area (Å²) in [5, 5.41) is 0. The Labute approximate surface area is 158 Å². The van der Waals surface area contributed by atoms with Crippen molar-refractivity contribution in [1.82, 2.24) is 0 Å². The first kappa shape index (κ1) is 23.0. The highest BCUT2D eigenvalue weighted by Crippen LogP contribution is 2.53. The molecule has 25 heavy (non-hydrogen) atoms. The fourth-order valence-corrected chi connectivity index (χ4v) is 5.56. The lowest BCUT2D eigenvalue weighted by Gasteiger charge is -2.50. The Morgan fingerprint density at radius 3 is 2.08 bits per heavy atom. The Morgan fingerprint density at radius 1 is 1.00 bits per heavy atom. The van der Waals surface area contributed by atoms with Crippen LogP contribution in [0.1, 0.15) is 98.8 Å². The third kappa shape index (κ3) is 5.96. The highest BCUT2D eigenvalue weighted by atomic mass is 16.5. The molecule has 2 heteroatoms. The number of unbranched alkanes of at least 4 members (excludes halogenated alkanes) is 1. The van der Waals surface area contributed by atoms with E-state index in [1.54, 1.807) is 0 Å². The first-order chi connectivity index (χ1) is 12.0. The maximum atomic E-state index is 5.65. The minimum absolute atomic E-state index is 0.360. The quantitative estimate of drug-likeness (QED) is 0.381. The molecule has 4 atom stereocenters. The van der Waals surface area contributed by atoms with Gasteiger partial charge in [-0.3, -0.25) is 0 Å². The van der Waals surface area contributed by atoms with Crippen LogP contribution in [0.4, 0.5) is 0 Å². The van der Waals surface area contributed by atoms with Gasteiger partial charge in [-0.1, -0.05) is 47.0 Å². The molecule has 150 valence electrons. The van der Waals surface area contributed by atoms with Crippen molar-refractivity contribution in [1.29, 1.82) is 0 Å². The van der Waals surface area contributed by atoms with Crippen LogP contribution in [-0.4, -0.2) is 26.4 Å². The van der Waals surface area contributed by atoms with Crippen LogP contribution < -0.4 is 0 Å². The summed E-state index contributed by atoms with van der Waals surface area (Å²) in [6.07, 6.45) is 14.2. The van der Waals surface area contributed by atoms with Gasteiger partial charge in [0.05, 0.1) is 12.2 Å². The minimum atomic E-state index is 0.360. The molecule has 0 spiro atoms. The molecule has 1 aliphatic carbocycles. The second-order valence-corrected chi connectivity index (χ2v) is 8.66. The fourth-order valence-electron chi connectivity index (χ4n) is 5.56. The van der Waals surface area contributed by atoms with Gasteiger partial charge >= 0.3 is 0 Å². The molecule has 0 aromatic carbocycles. The van der Waals surface area contributed by atoms with Gasteiger partial charge in [0.25, 0.3) is 0 Å². The normalized spacial score (nSPS) is 27.5. The van der Waals surface area contributed by atoms with Crippen LogP contribution in [0.2, 0.25) is 0 Å². The van der Waals surface area contributed by atoms with Crippen molar-refractivity contribution in [2.75, 3.05) is 14.2 Å². The van der Waals surface area contributed by atoms with E-state index >= 15 is 0 Å². The molecule has 1 saturated carbocycles. The molecule has 0 bridgehead atoms. The van der Waals surface area contributed by atoms with Crippen LogP contribution >= 0.6 is 0 Å². The van der Waals surface area contributed by atoms with E-state index in [2.05, 4.69) is 34.6 Å². The van der Waals surface area contributed by atoms with Crippen molar-refractivity contribution < 1.29 is 9.47 Å². The highest BCUT2D eigenvalue weighted by Gasteiger charge is 2.44. The molecule has 0 aliphatic heterocycles. The van der Waals surface area contributed by atoms with E-state index in [4.69, 9.17) is 9.47 Å². The Morgan fingerprint density at radius 2 is 1.64 bits per heavy atom. The Kier molecular flexibility index (Phi) is 10.6. The van der Waals surface area contributed by atoms with Crippen molar-refractivity contribution in [3.8, 4) is 0 Å². The topological polar surface area (TPSA) is 18.5 Å². The Balaban J connectivity index is 2.98. The average molecular weight is 355 g/mol. The number of hydrogen-bond acceptors (Lipinski definition) is 2. The molecular weight excluding hydrogens is 308 g/mol. The maximum absolute atomic E-state index is 5.65. The molecule has 3 unspecified atom stereocenters.